The van der Waals surface area contributed by atoms with E-state index in [-0.39, 0.29) is 37.3 Å². The van der Waals surface area contributed by atoms with E-state index in [4.69, 9.17) is 30.5 Å². The molecule has 0 aliphatic rings. The van der Waals surface area contributed by atoms with Crippen molar-refractivity contribution in [2.45, 2.75) is 32.9 Å². The fourth-order valence-corrected chi connectivity index (χ4v) is 4.46. The van der Waals surface area contributed by atoms with Crippen molar-refractivity contribution in [3.63, 3.8) is 0 Å². The zero-order valence-corrected chi connectivity index (χ0v) is 25.9. The number of carbonyl (C=O) groups excluding carboxylic acids is 3. The van der Waals surface area contributed by atoms with E-state index < -0.39 is 0 Å². The minimum Gasteiger partial charge on any atom is -0.493 e. The molecule has 0 saturated heterocycles. The van der Waals surface area contributed by atoms with Crippen LogP contribution in [-0.4, -0.2) is 38.1 Å². The van der Waals surface area contributed by atoms with Gasteiger partial charge in [0.2, 0.25) is 0 Å². The Bertz CT molecular complexity index is 1590. The molecule has 4 rings (SSSR count). The average Bonchev–Trinajstić information content (AvgIpc) is 3.04. The van der Waals surface area contributed by atoms with Gasteiger partial charge < -0.3 is 29.6 Å². The smallest absolute Gasteiger partial charge is 0.310 e. The number of benzene rings is 4. The number of halogens is 1. The molecule has 1 amide bonds. The number of hydrogen-bond acceptors (Lipinski definition) is 8. The molecule has 0 aromatic heterocycles. The summed E-state index contributed by atoms with van der Waals surface area (Å²) < 4.78 is 22.3. The van der Waals surface area contributed by atoms with Crippen molar-refractivity contribution in [1.82, 2.24) is 5.32 Å². The number of amides is 1. The van der Waals surface area contributed by atoms with Gasteiger partial charge in [0, 0.05) is 34.9 Å². The minimum absolute atomic E-state index is 0.0820. The Morgan fingerprint density at radius 1 is 0.778 bits per heavy atom. The summed E-state index contributed by atoms with van der Waals surface area (Å²) in [5.41, 5.74) is 3.32. The number of nitrogens with one attached hydrogen (secondary N) is 2. The zero-order valence-electron chi connectivity index (χ0n) is 25.1. The third-order valence-corrected chi connectivity index (χ3v) is 6.84. The highest BCUT2D eigenvalue weighted by Gasteiger charge is 2.15. The monoisotopic (exact) mass is 630 g/mol. The lowest BCUT2D eigenvalue weighted by Gasteiger charge is -2.17. The van der Waals surface area contributed by atoms with Crippen molar-refractivity contribution < 1.29 is 33.3 Å². The van der Waals surface area contributed by atoms with Gasteiger partial charge in [-0.15, -0.1) is 0 Å². The first kappa shape index (κ1) is 33.0. The Kier molecular flexibility index (Phi) is 12.4. The molecule has 0 aliphatic carbocycles. The molecule has 0 aliphatic heterocycles. The summed E-state index contributed by atoms with van der Waals surface area (Å²) >= 11 is 5.96. The van der Waals surface area contributed by atoms with Crippen LogP contribution in [0.2, 0.25) is 5.02 Å². The second-order valence-electron chi connectivity index (χ2n) is 9.93. The summed E-state index contributed by atoms with van der Waals surface area (Å²) in [6.45, 7) is 2.93. The van der Waals surface area contributed by atoms with Crippen molar-refractivity contribution in [3.8, 4) is 17.2 Å². The van der Waals surface area contributed by atoms with Gasteiger partial charge in [-0.3, -0.25) is 14.4 Å². The van der Waals surface area contributed by atoms with Crippen molar-refractivity contribution in [1.29, 1.82) is 0 Å². The first-order chi connectivity index (χ1) is 21.8. The number of hydrogen-bond donors (Lipinski definition) is 2. The third-order valence-electron chi connectivity index (χ3n) is 6.59. The minimum atomic E-state index is -0.346. The molecule has 0 saturated carbocycles. The summed E-state index contributed by atoms with van der Waals surface area (Å²) in [6, 6.07) is 26.5. The van der Waals surface area contributed by atoms with E-state index in [1.165, 1.54) is 7.11 Å². The molecular weight excluding hydrogens is 596 g/mol. The number of anilines is 1. The maximum absolute atomic E-state index is 12.9. The third kappa shape index (κ3) is 10.4. The Balaban J connectivity index is 1.48. The van der Waals surface area contributed by atoms with Crippen LogP contribution in [0.25, 0.3) is 0 Å². The van der Waals surface area contributed by atoms with E-state index in [2.05, 4.69) is 10.6 Å². The van der Waals surface area contributed by atoms with Gasteiger partial charge in [-0.2, -0.15) is 0 Å². The van der Waals surface area contributed by atoms with E-state index in [0.29, 0.717) is 64.3 Å². The highest BCUT2D eigenvalue weighted by Crippen LogP contribution is 2.35. The quantitative estimate of drug-likeness (QED) is 0.110. The number of rotatable bonds is 15. The van der Waals surface area contributed by atoms with Crippen molar-refractivity contribution >= 4 is 35.1 Å². The van der Waals surface area contributed by atoms with Gasteiger partial charge in [0.15, 0.2) is 11.5 Å². The van der Waals surface area contributed by atoms with Crippen LogP contribution in [0.4, 0.5) is 5.69 Å². The molecule has 10 heteroatoms. The molecular formula is C35H35ClN2O7. The second kappa shape index (κ2) is 16.8. The first-order valence-electron chi connectivity index (χ1n) is 14.4. The Hall–Kier alpha value is -4.86. The summed E-state index contributed by atoms with van der Waals surface area (Å²) in [6.07, 6.45) is 0.248. The SMILES string of the molecule is CCOC(=O)Cc1ccc(OC)c(Oc2ccc(NC(=O)c3ccc(Cl)cc3)cc2CNCCC(=O)OCc2ccccc2)c1. The molecule has 0 heterocycles. The molecule has 9 nitrogen and oxygen atoms in total. The normalized spacial score (nSPS) is 10.6. The highest BCUT2D eigenvalue weighted by molar-refractivity contribution is 6.30. The van der Waals surface area contributed by atoms with E-state index in [1.807, 2.05) is 30.3 Å². The van der Waals surface area contributed by atoms with Gasteiger partial charge >= 0.3 is 11.9 Å². The van der Waals surface area contributed by atoms with E-state index >= 15 is 0 Å². The van der Waals surface area contributed by atoms with E-state index in [1.54, 1.807) is 67.6 Å². The number of ether oxygens (including phenoxy) is 4. The van der Waals surface area contributed by atoms with Crippen LogP contribution in [0.3, 0.4) is 0 Å². The molecule has 0 fully saturated rings. The molecule has 0 unspecified atom stereocenters. The fraction of sp³-hybridized carbons (Fsp3) is 0.229. The maximum atomic E-state index is 12.9. The van der Waals surface area contributed by atoms with Crippen LogP contribution in [0.15, 0.2) is 91.0 Å². The molecule has 0 radical (unpaired) electrons. The van der Waals surface area contributed by atoms with Crippen LogP contribution in [0, 0.1) is 0 Å². The summed E-state index contributed by atoms with van der Waals surface area (Å²) in [5.74, 6) is 0.404. The van der Waals surface area contributed by atoms with Crippen molar-refractivity contribution in [3.05, 3.63) is 118 Å². The van der Waals surface area contributed by atoms with Crippen LogP contribution >= 0.6 is 11.6 Å². The van der Waals surface area contributed by atoms with Gasteiger partial charge in [-0.05, 0) is 72.6 Å². The van der Waals surface area contributed by atoms with E-state index in [9.17, 15) is 14.4 Å². The summed E-state index contributed by atoms with van der Waals surface area (Å²) in [5, 5.41) is 6.69. The van der Waals surface area contributed by atoms with Crippen LogP contribution in [0.1, 0.15) is 40.4 Å². The zero-order chi connectivity index (χ0) is 32.0. The van der Waals surface area contributed by atoms with Gasteiger partial charge in [0.1, 0.15) is 12.4 Å². The molecule has 4 aromatic carbocycles. The molecule has 0 bridgehead atoms. The first-order valence-corrected chi connectivity index (χ1v) is 14.8. The molecule has 45 heavy (non-hydrogen) atoms. The lowest BCUT2D eigenvalue weighted by molar-refractivity contribution is -0.145. The molecule has 234 valence electrons. The standard InChI is InChI=1S/C35H35ClN2O7/c1-3-43-34(40)20-25-9-15-31(42-2)32(19-25)45-30-16-14-29(38-35(41)26-10-12-28(36)13-11-26)21-27(30)22-37-18-17-33(39)44-23-24-7-5-4-6-8-24/h4-16,19,21,37H,3,17-18,20,22-23H2,1-2H3,(H,38,41). The fourth-order valence-electron chi connectivity index (χ4n) is 4.33. The summed E-state index contributed by atoms with van der Waals surface area (Å²) in [7, 11) is 1.53. The number of esters is 2. The highest BCUT2D eigenvalue weighted by atomic mass is 35.5. The predicted octanol–water partition coefficient (Wildman–Crippen LogP) is 6.72. The maximum Gasteiger partial charge on any atom is 0.310 e. The molecule has 2 N–H and O–H groups in total. The van der Waals surface area contributed by atoms with Crippen LogP contribution in [0.5, 0.6) is 17.2 Å². The van der Waals surface area contributed by atoms with Gasteiger partial charge in [-0.25, -0.2) is 0 Å². The number of carbonyl (C=O) groups is 3. The largest absolute Gasteiger partial charge is 0.493 e. The van der Waals surface area contributed by atoms with Gasteiger partial charge in [0.25, 0.3) is 5.91 Å². The predicted molar refractivity (Wildman–Crippen MR) is 172 cm³/mol. The lowest BCUT2D eigenvalue weighted by Crippen LogP contribution is -2.19. The van der Waals surface area contributed by atoms with Crippen LogP contribution in [-0.2, 0) is 38.6 Å². The topological polar surface area (TPSA) is 112 Å². The van der Waals surface area contributed by atoms with E-state index in [0.717, 1.165) is 5.56 Å². The molecule has 0 spiro atoms. The van der Waals surface area contributed by atoms with Crippen molar-refractivity contribution in [2.24, 2.45) is 0 Å². The summed E-state index contributed by atoms with van der Waals surface area (Å²) in [4.78, 5) is 37.2. The number of methoxy groups -OCH3 is 1. The van der Waals surface area contributed by atoms with Gasteiger partial charge in [-0.1, -0.05) is 48.0 Å². The second-order valence-corrected chi connectivity index (χ2v) is 10.4. The Morgan fingerprint density at radius 3 is 2.27 bits per heavy atom. The van der Waals surface area contributed by atoms with Crippen LogP contribution < -0.4 is 20.1 Å². The lowest BCUT2D eigenvalue weighted by atomic mass is 10.1. The Morgan fingerprint density at radius 2 is 1.53 bits per heavy atom. The van der Waals surface area contributed by atoms with Gasteiger partial charge in [0.05, 0.1) is 26.6 Å². The van der Waals surface area contributed by atoms with Crippen molar-refractivity contribution in [2.75, 3.05) is 25.6 Å². The molecule has 4 aromatic rings. The average molecular weight is 631 g/mol. The Labute approximate surface area is 267 Å². The molecule has 0 atom stereocenters.